The van der Waals surface area contributed by atoms with Gasteiger partial charge in [-0.3, -0.25) is 0 Å². The molecule has 4 N–H and O–H groups in total. The molecule has 0 radical (unpaired) electrons. The Morgan fingerprint density at radius 3 is 3.04 bits per heavy atom. The molecule has 2 amide bonds. The van der Waals surface area contributed by atoms with Crippen LogP contribution >= 0.6 is 23.7 Å². The molecule has 1 saturated heterocycles. The van der Waals surface area contributed by atoms with Crippen molar-refractivity contribution in [3.05, 3.63) is 35.2 Å². The number of β-amino-alcohol motifs (C(OH)–C–C–N with tert-alkyl or cyclic N) is 1. The van der Waals surface area contributed by atoms with Crippen molar-refractivity contribution >= 4 is 35.5 Å². The molecule has 0 bridgehead atoms. The van der Waals surface area contributed by atoms with Gasteiger partial charge in [-0.15, -0.1) is 23.7 Å². The van der Waals surface area contributed by atoms with E-state index in [2.05, 4.69) is 20.9 Å². The molecule has 6 nitrogen and oxygen atoms in total. The second kappa shape index (κ2) is 8.43. The zero-order chi connectivity index (χ0) is 16.1. The maximum Gasteiger partial charge on any atom is 0.319 e. The van der Waals surface area contributed by atoms with Crippen LogP contribution in [-0.2, 0) is 0 Å². The molecule has 24 heavy (non-hydrogen) atoms. The normalized spacial score (nSPS) is 20.0. The molecule has 1 aromatic heterocycles. The third-order valence-corrected chi connectivity index (χ3v) is 4.46. The van der Waals surface area contributed by atoms with Gasteiger partial charge in [-0.2, -0.15) is 0 Å². The van der Waals surface area contributed by atoms with Crippen LogP contribution in [0.5, 0.6) is 0 Å². The Labute approximate surface area is 151 Å². The number of nitrogens with zero attached hydrogens (tertiary/aromatic N) is 1. The zero-order valence-electron chi connectivity index (χ0n) is 13.1. The van der Waals surface area contributed by atoms with E-state index >= 15 is 0 Å². The molecule has 0 aliphatic carbocycles. The van der Waals surface area contributed by atoms with Crippen molar-refractivity contribution in [1.82, 2.24) is 15.6 Å². The Morgan fingerprint density at radius 2 is 2.33 bits per heavy atom. The molecule has 1 aliphatic heterocycles. The number of piperidine rings is 1. The monoisotopic (exact) mass is 368 g/mol. The van der Waals surface area contributed by atoms with Crippen molar-refractivity contribution in [3.63, 3.8) is 0 Å². The summed E-state index contributed by atoms with van der Waals surface area (Å²) in [7, 11) is 0. The Morgan fingerprint density at radius 1 is 1.46 bits per heavy atom. The van der Waals surface area contributed by atoms with Crippen LogP contribution in [-0.4, -0.2) is 41.4 Å². The highest BCUT2D eigenvalue weighted by Crippen LogP contribution is 2.22. The minimum absolute atomic E-state index is 0. The average molecular weight is 369 g/mol. The van der Waals surface area contributed by atoms with Crippen molar-refractivity contribution in [2.45, 2.75) is 18.4 Å². The molecule has 0 saturated carbocycles. The van der Waals surface area contributed by atoms with Gasteiger partial charge in [-0.05, 0) is 31.5 Å². The van der Waals surface area contributed by atoms with Crippen LogP contribution in [0.25, 0.3) is 11.3 Å². The minimum Gasteiger partial charge on any atom is -0.387 e. The minimum atomic E-state index is -0.863. The average Bonchev–Trinajstić information content (AvgIpc) is 3.09. The lowest BCUT2D eigenvalue weighted by Gasteiger charge is -2.32. The van der Waals surface area contributed by atoms with Gasteiger partial charge in [0.15, 0.2) is 0 Å². The number of hydrogen-bond acceptors (Lipinski definition) is 5. The summed E-state index contributed by atoms with van der Waals surface area (Å²) in [6, 6.07) is 7.22. The maximum absolute atomic E-state index is 12.0. The fourth-order valence-corrected chi connectivity index (χ4v) is 3.20. The van der Waals surface area contributed by atoms with E-state index in [1.54, 1.807) is 5.51 Å². The third kappa shape index (κ3) is 4.91. The van der Waals surface area contributed by atoms with Gasteiger partial charge in [0, 0.05) is 29.7 Å². The van der Waals surface area contributed by atoms with Crippen LogP contribution in [0, 0.1) is 0 Å². The Bertz CT molecular complexity index is 660. The van der Waals surface area contributed by atoms with Gasteiger partial charge in [-0.25, -0.2) is 9.78 Å². The Hall–Kier alpha value is -1.67. The quantitative estimate of drug-likeness (QED) is 0.667. The summed E-state index contributed by atoms with van der Waals surface area (Å²) in [6.45, 7) is 1.65. The van der Waals surface area contributed by atoms with E-state index in [1.807, 2.05) is 29.6 Å². The summed E-state index contributed by atoms with van der Waals surface area (Å²) < 4.78 is 0. The van der Waals surface area contributed by atoms with E-state index in [9.17, 15) is 9.90 Å². The molecular weight excluding hydrogens is 348 g/mol. The van der Waals surface area contributed by atoms with E-state index in [-0.39, 0.29) is 25.0 Å². The molecule has 1 atom stereocenters. The topological polar surface area (TPSA) is 86.3 Å². The number of halogens is 1. The number of anilines is 1. The number of nitrogens with one attached hydrogen (secondary N) is 3. The lowest BCUT2D eigenvalue weighted by atomic mass is 9.94. The first-order valence-corrected chi connectivity index (χ1v) is 8.56. The molecule has 1 unspecified atom stereocenters. The second-order valence-electron chi connectivity index (χ2n) is 5.77. The largest absolute Gasteiger partial charge is 0.387 e. The van der Waals surface area contributed by atoms with Crippen molar-refractivity contribution in [2.24, 2.45) is 0 Å². The third-order valence-electron chi connectivity index (χ3n) is 3.88. The van der Waals surface area contributed by atoms with Crippen LogP contribution in [0.1, 0.15) is 12.8 Å². The molecule has 1 aromatic carbocycles. The Kier molecular flexibility index (Phi) is 6.56. The predicted octanol–water partition coefficient (Wildman–Crippen LogP) is 2.47. The standard InChI is InChI=1S/C16H20N4O2S.ClH/c21-15(18-10-16(22)5-2-6-17-9-16)20-13-4-1-3-12(7-13)14-8-23-11-19-14;/h1,3-4,7-8,11,17,22H,2,5-6,9-10H2,(H2,18,20,21);1H. The highest BCUT2D eigenvalue weighted by molar-refractivity contribution is 7.07. The highest BCUT2D eigenvalue weighted by Gasteiger charge is 2.29. The maximum atomic E-state index is 12.0. The molecule has 2 heterocycles. The summed E-state index contributed by atoms with van der Waals surface area (Å²) in [6.07, 6.45) is 1.61. The van der Waals surface area contributed by atoms with Crippen LogP contribution in [0.3, 0.4) is 0 Å². The molecule has 0 spiro atoms. The van der Waals surface area contributed by atoms with Gasteiger partial charge >= 0.3 is 6.03 Å². The first-order chi connectivity index (χ1) is 11.1. The Balaban J connectivity index is 0.00000208. The molecule has 130 valence electrons. The van der Waals surface area contributed by atoms with Gasteiger partial charge < -0.3 is 21.1 Å². The molecule has 1 fully saturated rings. The van der Waals surface area contributed by atoms with Gasteiger partial charge in [0.1, 0.15) is 0 Å². The van der Waals surface area contributed by atoms with Crippen LogP contribution in [0.15, 0.2) is 35.2 Å². The summed E-state index contributed by atoms with van der Waals surface area (Å²) in [4.78, 5) is 16.3. The fraction of sp³-hybridized carbons (Fsp3) is 0.375. The van der Waals surface area contributed by atoms with E-state index in [4.69, 9.17) is 0 Å². The lowest BCUT2D eigenvalue weighted by Crippen LogP contribution is -2.53. The molecular formula is C16H21ClN4O2S. The highest BCUT2D eigenvalue weighted by atomic mass is 35.5. The molecule has 2 aromatic rings. The lowest BCUT2D eigenvalue weighted by molar-refractivity contribution is 0.0198. The number of aliphatic hydroxyl groups is 1. The number of carbonyl (C=O) groups is 1. The zero-order valence-corrected chi connectivity index (χ0v) is 14.8. The first kappa shape index (κ1) is 18.7. The van der Waals surface area contributed by atoms with E-state index < -0.39 is 5.60 Å². The number of benzene rings is 1. The van der Waals surface area contributed by atoms with Crippen molar-refractivity contribution in [3.8, 4) is 11.3 Å². The molecule has 1 aliphatic rings. The van der Waals surface area contributed by atoms with Crippen molar-refractivity contribution in [1.29, 1.82) is 0 Å². The molecule has 8 heteroatoms. The first-order valence-electron chi connectivity index (χ1n) is 7.61. The smallest absolute Gasteiger partial charge is 0.319 e. The summed E-state index contributed by atoms with van der Waals surface area (Å²) in [5.74, 6) is 0. The number of thiazole rings is 1. The number of hydrogen-bond donors (Lipinski definition) is 4. The second-order valence-corrected chi connectivity index (χ2v) is 6.49. The van der Waals surface area contributed by atoms with Gasteiger partial charge in [-0.1, -0.05) is 12.1 Å². The van der Waals surface area contributed by atoms with Gasteiger partial charge in [0.05, 0.1) is 16.8 Å². The van der Waals surface area contributed by atoms with Crippen LogP contribution < -0.4 is 16.0 Å². The van der Waals surface area contributed by atoms with Crippen molar-refractivity contribution in [2.75, 3.05) is 25.0 Å². The number of carbonyl (C=O) groups excluding carboxylic acids is 1. The van der Waals surface area contributed by atoms with E-state index in [0.717, 1.165) is 24.2 Å². The summed E-state index contributed by atoms with van der Waals surface area (Å²) >= 11 is 1.53. The summed E-state index contributed by atoms with van der Waals surface area (Å²) in [5, 5.41) is 21.0. The number of amides is 2. The van der Waals surface area contributed by atoms with E-state index in [0.29, 0.717) is 18.7 Å². The van der Waals surface area contributed by atoms with E-state index in [1.165, 1.54) is 11.3 Å². The number of urea groups is 1. The SMILES string of the molecule is Cl.O=C(NCC1(O)CCCNC1)Nc1cccc(-c2cscn2)c1. The summed E-state index contributed by atoms with van der Waals surface area (Å²) in [5.41, 5.74) is 3.46. The van der Waals surface area contributed by atoms with Gasteiger partial charge in [0.25, 0.3) is 0 Å². The van der Waals surface area contributed by atoms with Crippen molar-refractivity contribution < 1.29 is 9.90 Å². The molecule has 3 rings (SSSR count). The fourth-order valence-electron chi connectivity index (χ4n) is 2.63. The van der Waals surface area contributed by atoms with Crippen LogP contribution in [0.4, 0.5) is 10.5 Å². The number of aromatic nitrogens is 1. The van der Waals surface area contributed by atoms with Crippen LogP contribution in [0.2, 0.25) is 0 Å². The predicted molar refractivity (Wildman–Crippen MR) is 98.9 cm³/mol. The van der Waals surface area contributed by atoms with Gasteiger partial charge in [0.2, 0.25) is 0 Å². The number of rotatable bonds is 4.